The van der Waals surface area contributed by atoms with Crippen molar-refractivity contribution in [2.75, 3.05) is 38.1 Å². The summed E-state index contributed by atoms with van der Waals surface area (Å²) in [7, 11) is 3.05. The summed E-state index contributed by atoms with van der Waals surface area (Å²) < 4.78 is 20.4. The van der Waals surface area contributed by atoms with Crippen LogP contribution >= 0.6 is 0 Å². The van der Waals surface area contributed by atoms with E-state index in [1.54, 1.807) is 43.5 Å². The van der Waals surface area contributed by atoms with Crippen LogP contribution in [0.3, 0.4) is 0 Å². The second kappa shape index (κ2) is 11.1. The minimum absolute atomic E-state index is 0.0873. The Morgan fingerprint density at radius 1 is 1.00 bits per heavy atom. The average molecular weight is 454 g/mol. The fraction of sp³-hybridized carbons (Fsp3) is 0.292. The van der Waals surface area contributed by atoms with E-state index in [1.165, 1.54) is 7.11 Å². The number of ether oxygens (including phenoxy) is 3. The average Bonchev–Trinajstić information content (AvgIpc) is 2.79. The molecule has 0 fully saturated rings. The molecular weight excluding hydrogens is 428 g/mol. The zero-order valence-corrected chi connectivity index (χ0v) is 18.7. The Morgan fingerprint density at radius 2 is 1.76 bits per heavy atom. The van der Waals surface area contributed by atoms with Gasteiger partial charge in [-0.1, -0.05) is 6.07 Å². The number of aryl methyl sites for hydroxylation is 1. The highest BCUT2D eigenvalue weighted by atomic mass is 16.6. The molecule has 9 heteroatoms. The molecule has 9 nitrogen and oxygen atoms in total. The standard InChI is InChI=1S/C24H26N2O7/c1-15-19-8-7-18(31-3)14-21(19)33-23(28)20(15)9-10-22(27)25-16-5-4-6-17(13-16)26-24(29)32-12-11-30-2/h4-8,13-14H,9-12H2,1-3H3,(H,25,27)(H,26,29). The van der Waals surface area contributed by atoms with Crippen LogP contribution < -0.4 is 21.0 Å². The SMILES string of the molecule is COCCOC(=O)Nc1cccc(NC(=O)CCc2c(C)c3ccc(OC)cc3oc2=O)c1. The maximum absolute atomic E-state index is 12.5. The van der Waals surface area contributed by atoms with Gasteiger partial charge in [-0.05, 0) is 49.2 Å². The van der Waals surface area contributed by atoms with E-state index < -0.39 is 11.7 Å². The molecule has 33 heavy (non-hydrogen) atoms. The van der Waals surface area contributed by atoms with Crippen molar-refractivity contribution >= 4 is 34.3 Å². The quantitative estimate of drug-likeness (QED) is 0.372. The smallest absolute Gasteiger partial charge is 0.411 e. The first kappa shape index (κ1) is 23.8. The molecule has 0 saturated heterocycles. The first-order chi connectivity index (χ1) is 15.9. The number of hydrogen-bond acceptors (Lipinski definition) is 7. The highest BCUT2D eigenvalue weighted by Gasteiger charge is 2.14. The molecule has 2 aromatic carbocycles. The molecule has 0 bridgehead atoms. The Hall–Kier alpha value is -3.85. The highest BCUT2D eigenvalue weighted by molar-refractivity contribution is 5.92. The summed E-state index contributed by atoms with van der Waals surface area (Å²) in [6.07, 6.45) is -0.304. The van der Waals surface area contributed by atoms with Crippen molar-refractivity contribution in [3.05, 3.63) is 64.0 Å². The number of rotatable bonds is 9. The number of anilines is 2. The third-order valence-electron chi connectivity index (χ3n) is 5.01. The number of carbonyl (C=O) groups is 2. The lowest BCUT2D eigenvalue weighted by Gasteiger charge is -2.10. The Bertz CT molecular complexity index is 1200. The molecule has 0 aliphatic rings. The molecule has 2 amide bonds. The predicted molar refractivity (Wildman–Crippen MR) is 124 cm³/mol. The summed E-state index contributed by atoms with van der Waals surface area (Å²) >= 11 is 0. The van der Waals surface area contributed by atoms with Gasteiger partial charge >= 0.3 is 11.7 Å². The Kier molecular flexibility index (Phi) is 8.04. The number of methoxy groups -OCH3 is 2. The largest absolute Gasteiger partial charge is 0.497 e. The van der Waals surface area contributed by atoms with Crippen LogP contribution in [-0.4, -0.2) is 39.4 Å². The second-order valence-corrected chi connectivity index (χ2v) is 7.24. The normalized spacial score (nSPS) is 10.6. The maximum Gasteiger partial charge on any atom is 0.411 e. The molecule has 0 saturated carbocycles. The number of benzene rings is 2. The number of amides is 2. The van der Waals surface area contributed by atoms with Crippen LogP contribution in [0.4, 0.5) is 16.2 Å². The fourth-order valence-corrected chi connectivity index (χ4v) is 3.30. The van der Waals surface area contributed by atoms with Crippen LogP contribution in [0.5, 0.6) is 5.75 Å². The number of carbonyl (C=O) groups excluding carboxylic acids is 2. The molecule has 1 aromatic heterocycles. The molecule has 0 radical (unpaired) electrons. The van der Waals surface area contributed by atoms with Gasteiger partial charge in [0.2, 0.25) is 5.91 Å². The van der Waals surface area contributed by atoms with E-state index in [-0.39, 0.29) is 25.4 Å². The summed E-state index contributed by atoms with van der Waals surface area (Å²) in [6, 6.07) is 12.0. The van der Waals surface area contributed by atoms with E-state index in [2.05, 4.69) is 10.6 Å². The van der Waals surface area contributed by atoms with Crippen LogP contribution in [0.15, 0.2) is 51.7 Å². The fourth-order valence-electron chi connectivity index (χ4n) is 3.30. The van der Waals surface area contributed by atoms with Crippen molar-refractivity contribution in [3.63, 3.8) is 0 Å². The monoisotopic (exact) mass is 454 g/mol. The Labute approximate surface area is 190 Å². The van der Waals surface area contributed by atoms with E-state index in [4.69, 9.17) is 18.6 Å². The third kappa shape index (κ3) is 6.33. The molecule has 0 unspecified atom stereocenters. The molecule has 0 spiro atoms. The van der Waals surface area contributed by atoms with Crippen molar-refractivity contribution in [1.29, 1.82) is 0 Å². The summed E-state index contributed by atoms with van der Waals surface area (Å²) in [5, 5.41) is 6.14. The summed E-state index contributed by atoms with van der Waals surface area (Å²) in [4.78, 5) is 36.7. The molecule has 2 N–H and O–H groups in total. The van der Waals surface area contributed by atoms with Gasteiger partial charge in [-0.3, -0.25) is 10.1 Å². The minimum atomic E-state index is -0.619. The minimum Gasteiger partial charge on any atom is -0.497 e. The number of hydrogen-bond donors (Lipinski definition) is 2. The molecule has 174 valence electrons. The van der Waals surface area contributed by atoms with Gasteiger partial charge in [-0.2, -0.15) is 0 Å². The lowest BCUT2D eigenvalue weighted by atomic mass is 10.0. The van der Waals surface area contributed by atoms with E-state index in [1.807, 2.05) is 13.0 Å². The van der Waals surface area contributed by atoms with Gasteiger partial charge in [0, 0.05) is 41.9 Å². The van der Waals surface area contributed by atoms with Gasteiger partial charge in [0.25, 0.3) is 0 Å². The number of nitrogens with one attached hydrogen (secondary N) is 2. The summed E-state index contributed by atoms with van der Waals surface area (Å²) in [6.45, 7) is 2.26. The molecule has 3 aromatic rings. The van der Waals surface area contributed by atoms with Gasteiger partial charge in [0.05, 0.1) is 13.7 Å². The summed E-state index contributed by atoms with van der Waals surface area (Å²) in [5.74, 6) is 0.320. The zero-order chi connectivity index (χ0) is 23.8. The van der Waals surface area contributed by atoms with Crippen molar-refractivity contribution in [3.8, 4) is 5.75 Å². The van der Waals surface area contributed by atoms with Crippen LogP contribution in [0, 0.1) is 6.92 Å². The van der Waals surface area contributed by atoms with Crippen molar-refractivity contribution < 1.29 is 28.2 Å². The lowest BCUT2D eigenvalue weighted by Crippen LogP contribution is -2.18. The van der Waals surface area contributed by atoms with Crippen molar-refractivity contribution in [2.24, 2.45) is 0 Å². The third-order valence-corrected chi connectivity index (χ3v) is 5.01. The van der Waals surface area contributed by atoms with E-state index in [0.29, 0.717) is 34.9 Å². The molecular formula is C24H26N2O7. The van der Waals surface area contributed by atoms with E-state index in [0.717, 1.165) is 10.9 Å². The van der Waals surface area contributed by atoms with Gasteiger partial charge in [-0.15, -0.1) is 0 Å². The van der Waals surface area contributed by atoms with Crippen LogP contribution in [0.1, 0.15) is 17.5 Å². The van der Waals surface area contributed by atoms with Crippen molar-refractivity contribution in [1.82, 2.24) is 0 Å². The first-order valence-electron chi connectivity index (χ1n) is 10.3. The van der Waals surface area contributed by atoms with E-state index in [9.17, 15) is 14.4 Å². The second-order valence-electron chi connectivity index (χ2n) is 7.24. The topological polar surface area (TPSA) is 116 Å². The molecule has 0 aliphatic carbocycles. The number of fused-ring (bicyclic) bond motifs is 1. The van der Waals surface area contributed by atoms with Crippen molar-refractivity contribution in [2.45, 2.75) is 19.8 Å². The molecule has 3 rings (SSSR count). The molecule has 0 aliphatic heterocycles. The first-order valence-corrected chi connectivity index (χ1v) is 10.3. The highest BCUT2D eigenvalue weighted by Crippen LogP contribution is 2.24. The Morgan fingerprint density at radius 3 is 2.48 bits per heavy atom. The predicted octanol–water partition coefficient (Wildman–Crippen LogP) is 3.88. The van der Waals surface area contributed by atoms with E-state index >= 15 is 0 Å². The van der Waals surface area contributed by atoms with Crippen LogP contribution in [0.25, 0.3) is 11.0 Å². The lowest BCUT2D eigenvalue weighted by molar-refractivity contribution is -0.116. The Balaban J connectivity index is 1.62. The van der Waals surface area contributed by atoms with Gasteiger partial charge in [-0.25, -0.2) is 9.59 Å². The molecule has 0 atom stereocenters. The summed E-state index contributed by atoms with van der Waals surface area (Å²) in [5.41, 5.74) is 2.17. The zero-order valence-electron chi connectivity index (χ0n) is 18.7. The maximum atomic E-state index is 12.5. The van der Waals surface area contributed by atoms with Gasteiger partial charge in [0.15, 0.2) is 0 Å². The van der Waals surface area contributed by atoms with Gasteiger partial charge < -0.3 is 23.9 Å². The van der Waals surface area contributed by atoms with Crippen LogP contribution in [0.2, 0.25) is 0 Å². The van der Waals surface area contributed by atoms with Crippen LogP contribution in [-0.2, 0) is 20.7 Å². The molecule has 1 heterocycles. The van der Waals surface area contributed by atoms with Gasteiger partial charge in [0.1, 0.15) is 17.9 Å².